The first-order valence-electron chi connectivity index (χ1n) is 8.23. The second-order valence-corrected chi connectivity index (χ2v) is 6.42. The number of fused-ring (bicyclic) bond motifs is 1. The molecule has 3 rings (SSSR count). The lowest BCUT2D eigenvalue weighted by atomic mass is 10.0. The van der Waals surface area contributed by atoms with Gasteiger partial charge in [-0.15, -0.1) is 0 Å². The molecule has 26 heavy (non-hydrogen) atoms. The number of nitrogens with zero attached hydrogens (tertiary/aromatic N) is 5. The van der Waals surface area contributed by atoms with Crippen LogP contribution in [0.5, 0.6) is 0 Å². The molecule has 3 aromatic heterocycles. The van der Waals surface area contributed by atoms with E-state index in [1.165, 1.54) is 6.33 Å². The van der Waals surface area contributed by atoms with E-state index in [9.17, 15) is 4.79 Å². The molecule has 3 heterocycles. The summed E-state index contributed by atoms with van der Waals surface area (Å²) in [6.45, 7) is 9.54. The highest BCUT2D eigenvalue weighted by Gasteiger charge is 2.29. The number of nitrogens with one attached hydrogen (secondary N) is 1. The van der Waals surface area contributed by atoms with E-state index in [2.05, 4.69) is 31.5 Å². The number of carbonyl (C=O) groups excluding carboxylic acids is 1. The average Bonchev–Trinajstić information content (AvgIpc) is 3.23. The van der Waals surface area contributed by atoms with Crippen molar-refractivity contribution >= 4 is 28.9 Å². The molecule has 0 fully saturated rings. The molecule has 3 N–H and O–H groups in total. The van der Waals surface area contributed by atoms with Crippen LogP contribution in [0.25, 0.3) is 16.7 Å². The van der Waals surface area contributed by atoms with Gasteiger partial charge in [-0.25, -0.2) is 15.0 Å². The van der Waals surface area contributed by atoms with Gasteiger partial charge < -0.3 is 15.3 Å². The summed E-state index contributed by atoms with van der Waals surface area (Å²) in [5.41, 5.74) is 8.34. The molecule has 0 atom stereocenters. The second kappa shape index (κ2) is 6.55. The average molecular weight is 351 g/mol. The third-order valence-corrected chi connectivity index (χ3v) is 4.45. The number of amides is 1. The normalized spacial score (nSPS) is 12.1. The third kappa shape index (κ3) is 2.90. The van der Waals surface area contributed by atoms with Gasteiger partial charge in [-0.2, -0.15) is 0 Å². The Bertz CT molecular complexity index is 1010. The number of aromatic amines is 1. The Morgan fingerprint density at radius 2 is 2.23 bits per heavy atom. The fraction of sp³-hybridized carbons (Fsp3) is 0.278. The fourth-order valence-electron chi connectivity index (χ4n) is 2.75. The highest BCUT2D eigenvalue weighted by Crippen LogP contribution is 2.23. The Morgan fingerprint density at radius 3 is 2.92 bits per heavy atom. The van der Waals surface area contributed by atoms with Crippen LogP contribution in [-0.4, -0.2) is 36.6 Å². The first kappa shape index (κ1) is 17.5. The van der Waals surface area contributed by atoms with Gasteiger partial charge in [0.2, 0.25) is 5.91 Å². The van der Waals surface area contributed by atoms with Crippen LogP contribution < -0.4 is 5.73 Å². The van der Waals surface area contributed by atoms with Crippen LogP contribution in [0.3, 0.4) is 0 Å². The molecule has 0 aliphatic heterocycles. The molecule has 8 heteroatoms. The summed E-state index contributed by atoms with van der Waals surface area (Å²) in [6, 6.07) is 0. The van der Waals surface area contributed by atoms with Gasteiger partial charge in [-0.1, -0.05) is 13.5 Å². The van der Waals surface area contributed by atoms with E-state index < -0.39 is 11.4 Å². The molecule has 0 unspecified atom stereocenters. The molecule has 0 bridgehead atoms. The zero-order valence-corrected chi connectivity index (χ0v) is 15.0. The predicted octanol–water partition coefficient (Wildman–Crippen LogP) is 2.03. The van der Waals surface area contributed by atoms with Crippen molar-refractivity contribution in [1.29, 1.82) is 0 Å². The monoisotopic (exact) mass is 351 g/mol. The standard InChI is InChI=1S/C18H21N7O/c1-5-15-14(24-10-25(15)18(3,4)17(19)26)8-21-11(2)12-7-22-16-13(12)6-20-9-23-16/h6-10H,2,5H2,1,3-4H3,(H2,19,26)(H,20,22,23)/b21-8-. The molecule has 1 amide bonds. The molecule has 0 aromatic carbocycles. The summed E-state index contributed by atoms with van der Waals surface area (Å²) in [5.74, 6) is -0.420. The van der Waals surface area contributed by atoms with Crippen molar-refractivity contribution in [3.8, 4) is 0 Å². The van der Waals surface area contributed by atoms with Gasteiger partial charge in [-0.05, 0) is 20.3 Å². The van der Waals surface area contributed by atoms with E-state index in [0.717, 1.165) is 22.3 Å². The first-order chi connectivity index (χ1) is 12.4. The number of imidazole rings is 1. The van der Waals surface area contributed by atoms with Crippen LogP contribution in [-0.2, 0) is 16.8 Å². The molecule has 0 aliphatic rings. The lowest BCUT2D eigenvalue weighted by Gasteiger charge is -2.24. The molecule has 0 spiro atoms. The summed E-state index contributed by atoms with van der Waals surface area (Å²) in [6.07, 6.45) is 8.95. The number of aromatic nitrogens is 5. The van der Waals surface area contributed by atoms with Crippen molar-refractivity contribution in [1.82, 2.24) is 24.5 Å². The minimum Gasteiger partial charge on any atom is -0.368 e. The molecule has 0 aliphatic carbocycles. The summed E-state index contributed by atoms with van der Waals surface area (Å²) < 4.78 is 1.79. The number of primary amides is 1. The Hall–Kier alpha value is -3.29. The molecule has 0 saturated heterocycles. The van der Waals surface area contributed by atoms with Gasteiger partial charge in [-0.3, -0.25) is 9.79 Å². The zero-order chi connectivity index (χ0) is 18.9. The van der Waals surface area contributed by atoms with Gasteiger partial charge in [0.25, 0.3) is 0 Å². The summed E-state index contributed by atoms with van der Waals surface area (Å²) >= 11 is 0. The second-order valence-electron chi connectivity index (χ2n) is 6.42. The minimum absolute atomic E-state index is 0.420. The molecule has 8 nitrogen and oxygen atoms in total. The van der Waals surface area contributed by atoms with Crippen molar-refractivity contribution in [2.24, 2.45) is 10.7 Å². The Kier molecular flexibility index (Phi) is 4.41. The van der Waals surface area contributed by atoms with E-state index in [4.69, 9.17) is 5.73 Å². The first-order valence-corrected chi connectivity index (χ1v) is 8.23. The molecule has 0 saturated carbocycles. The van der Waals surface area contributed by atoms with Gasteiger partial charge in [0.1, 0.15) is 23.2 Å². The van der Waals surface area contributed by atoms with Crippen molar-refractivity contribution in [2.45, 2.75) is 32.7 Å². The number of rotatable bonds is 6. The van der Waals surface area contributed by atoms with Crippen molar-refractivity contribution in [2.75, 3.05) is 0 Å². The number of H-pyrrole nitrogens is 1. The van der Waals surface area contributed by atoms with Crippen LogP contribution in [0.2, 0.25) is 0 Å². The number of carbonyl (C=O) groups is 1. The van der Waals surface area contributed by atoms with Crippen molar-refractivity contribution in [3.63, 3.8) is 0 Å². The minimum atomic E-state index is -0.865. The smallest absolute Gasteiger partial charge is 0.243 e. The number of aliphatic imine (C=N–C) groups is 1. The largest absolute Gasteiger partial charge is 0.368 e. The predicted molar refractivity (Wildman–Crippen MR) is 101 cm³/mol. The van der Waals surface area contributed by atoms with E-state index in [1.54, 1.807) is 43.4 Å². The topological polar surface area (TPSA) is 115 Å². The van der Waals surface area contributed by atoms with Gasteiger partial charge >= 0.3 is 0 Å². The number of hydrogen-bond donors (Lipinski definition) is 2. The molecule has 134 valence electrons. The van der Waals surface area contributed by atoms with Crippen molar-refractivity contribution in [3.05, 3.63) is 48.6 Å². The van der Waals surface area contributed by atoms with Crippen LogP contribution in [0.4, 0.5) is 0 Å². The maximum absolute atomic E-state index is 11.8. The van der Waals surface area contributed by atoms with Gasteiger partial charge in [0.15, 0.2) is 0 Å². The van der Waals surface area contributed by atoms with E-state index in [-0.39, 0.29) is 0 Å². The molecule has 0 radical (unpaired) electrons. The Balaban J connectivity index is 1.93. The number of hydrogen-bond acceptors (Lipinski definition) is 5. The lowest BCUT2D eigenvalue weighted by molar-refractivity contribution is -0.125. The van der Waals surface area contributed by atoms with Crippen LogP contribution in [0, 0.1) is 0 Å². The van der Waals surface area contributed by atoms with Crippen LogP contribution in [0.1, 0.15) is 37.7 Å². The van der Waals surface area contributed by atoms with Crippen LogP contribution in [0.15, 0.2) is 36.6 Å². The van der Waals surface area contributed by atoms with Gasteiger partial charge in [0.05, 0.1) is 18.2 Å². The zero-order valence-electron chi connectivity index (χ0n) is 15.0. The SMILES string of the molecule is C=C(/N=C\c1ncn(C(C)(C)C(N)=O)c1CC)c1c[nH]c2ncncc12. The van der Waals surface area contributed by atoms with Crippen LogP contribution >= 0.6 is 0 Å². The van der Waals surface area contributed by atoms with Gasteiger partial charge in [0, 0.05) is 29.0 Å². The van der Waals surface area contributed by atoms with E-state index in [0.29, 0.717) is 17.8 Å². The lowest BCUT2D eigenvalue weighted by Crippen LogP contribution is -2.41. The fourth-order valence-corrected chi connectivity index (χ4v) is 2.75. The van der Waals surface area contributed by atoms with Crippen molar-refractivity contribution < 1.29 is 4.79 Å². The summed E-state index contributed by atoms with van der Waals surface area (Å²) in [4.78, 5) is 31.9. The van der Waals surface area contributed by atoms with E-state index >= 15 is 0 Å². The maximum Gasteiger partial charge on any atom is 0.243 e. The quantitative estimate of drug-likeness (QED) is 0.661. The maximum atomic E-state index is 11.8. The Morgan fingerprint density at radius 1 is 1.46 bits per heavy atom. The summed E-state index contributed by atoms with van der Waals surface area (Å²) in [7, 11) is 0. The highest BCUT2D eigenvalue weighted by atomic mass is 16.1. The number of nitrogens with two attached hydrogens (primary N) is 1. The molecule has 3 aromatic rings. The highest BCUT2D eigenvalue weighted by molar-refractivity contribution is 5.92. The molecular formula is C18H21N7O. The Labute approximate surface area is 150 Å². The molecular weight excluding hydrogens is 330 g/mol. The third-order valence-electron chi connectivity index (χ3n) is 4.45. The summed E-state index contributed by atoms with van der Waals surface area (Å²) in [5, 5.41) is 0.853. The van der Waals surface area contributed by atoms with E-state index in [1.807, 2.05) is 6.92 Å².